The van der Waals surface area contributed by atoms with Gasteiger partial charge in [-0.2, -0.15) is 0 Å². The summed E-state index contributed by atoms with van der Waals surface area (Å²) in [5.74, 6) is -0.506. The molecule has 33 heavy (non-hydrogen) atoms. The van der Waals surface area contributed by atoms with Crippen LogP contribution in [0.5, 0.6) is 0 Å². The number of aromatic carboxylic acids is 1. The highest BCUT2D eigenvalue weighted by atomic mass is 32.2. The minimum Gasteiger partial charge on any atom is -0.475 e. The maximum absolute atomic E-state index is 11.4. The molecule has 0 spiro atoms. The molecule has 4 rings (SSSR count). The Kier molecular flexibility index (Phi) is 7.21. The van der Waals surface area contributed by atoms with E-state index in [-0.39, 0.29) is 5.76 Å². The standard InChI is InChI=1S/C28H29NO3S/c1-19(2)23-11-9-22(10-12-23)18-29(16-15-21-7-5-4-6-8-21)33-24-13-14-26-25(17-24)20(3)27(32-26)28(30)31/h4-14,17,19H,15-16,18H2,1-3H3,(H,30,31). The van der Waals surface area contributed by atoms with Gasteiger partial charge in [0, 0.05) is 28.9 Å². The van der Waals surface area contributed by atoms with Gasteiger partial charge < -0.3 is 9.52 Å². The molecule has 0 saturated heterocycles. The molecule has 0 radical (unpaired) electrons. The van der Waals surface area contributed by atoms with E-state index in [0.29, 0.717) is 17.1 Å². The van der Waals surface area contributed by atoms with Crippen molar-refractivity contribution >= 4 is 28.9 Å². The Hall–Kier alpha value is -3.02. The highest BCUT2D eigenvalue weighted by Gasteiger charge is 2.18. The van der Waals surface area contributed by atoms with Gasteiger partial charge in [-0.05, 0) is 66.1 Å². The molecule has 1 N–H and O–H groups in total. The lowest BCUT2D eigenvalue weighted by atomic mass is 10.0. The molecule has 0 amide bonds. The van der Waals surface area contributed by atoms with Gasteiger partial charge in [0.15, 0.2) is 0 Å². The summed E-state index contributed by atoms with van der Waals surface area (Å²) in [5, 5.41) is 10.2. The zero-order valence-electron chi connectivity index (χ0n) is 19.2. The van der Waals surface area contributed by atoms with Gasteiger partial charge in [-0.25, -0.2) is 9.10 Å². The van der Waals surface area contributed by atoms with Crippen molar-refractivity contribution in [1.29, 1.82) is 0 Å². The van der Waals surface area contributed by atoms with Crippen LogP contribution in [0.15, 0.2) is 82.1 Å². The summed E-state index contributed by atoms with van der Waals surface area (Å²) in [6.07, 6.45) is 0.952. The van der Waals surface area contributed by atoms with Crippen LogP contribution in [-0.2, 0) is 13.0 Å². The minimum absolute atomic E-state index is 0.0123. The lowest BCUT2D eigenvalue weighted by molar-refractivity contribution is 0.0664. The SMILES string of the molecule is Cc1c(C(=O)O)oc2ccc(SN(CCc3ccccc3)Cc3ccc(C(C)C)cc3)cc12. The second kappa shape index (κ2) is 10.3. The molecule has 0 aliphatic heterocycles. The number of furan rings is 1. The number of nitrogens with zero attached hydrogens (tertiary/aromatic N) is 1. The average Bonchev–Trinajstić information content (AvgIpc) is 3.15. The van der Waals surface area contributed by atoms with Gasteiger partial charge >= 0.3 is 5.97 Å². The number of carboxylic acid groups (broad SMARTS) is 1. The summed E-state index contributed by atoms with van der Waals surface area (Å²) in [6, 6.07) is 25.3. The molecule has 4 aromatic rings. The molecular formula is C28H29NO3S. The van der Waals surface area contributed by atoms with Crippen LogP contribution >= 0.6 is 11.9 Å². The minimum atomic E-state index is -1.03. The van der Waals surface area contributed by atoms with Gasteiger partial charge in [0.1, 0.15) is 5.58 Å². The zero-order valence-corrected chi connectivity index (χ0v) is 20.1. The van der Waals surface area contributed by atoms with Crippen LogP contribution in [0.25, 0.3) is 11.0 Å². The van der Waals surface area contributed by atoms with E-state index in [4.69, 9.17) is 4.42 Å². The third-order valence-electron chi connectivity index (χ3n) is 5.83. The maximum atomic E-state index is 11.4. The Morgan fingerprint density at radius 3 is 2.39 bits per heavy atom. The van der Waals surface area contributed by atoms with Crippen LogP contribution in [0, 0.1) is 6.92 Å². The smallest absolute Gasteiger partial charge is 0.372 e. The molecule has 0 bridgehead atoms. The van der Waals surface area contributed by atoms with Crippen LogP contribution in [-0.4, -0.2) is 21.9 Å². The third-order valence-corrected chi connectivity index (χ3v) is 6.87. The largest absolute Gasteiger partial charge is 0.475 e. The number of aryl methyl sites for hydroxylation is 1. The first-order chi connectivity index (χ1) is 15.9. The Morgan fingerprint density at radius 1 is 1.00 bits per heavy atom. The molecule has 0 unspecified atom stereocenters. The number of fused-ring (bicyclic) bond motifs is 1. The lowest BCUT2D eigenvalue weighted by Gasteiger charge is -2.22. The van der Waals surface area contributed by atoms with E-state index < -0.39 is 5.97 Å². The van der Waals surface area contributed by atoms with Crippen molar-refractivity contribution in [2.24, 2.45) is 0 Å². The zero-order chi connectivity index (χ0) is 23.4. The summed E-state index contributed by atoms with van der Waals surface area (Å²) in [7, 11) is 0. The number of hydrogen-bond donors (Lipinski definition) is 1. The summed E-state index contributed by atoms with van der Waals surface area (Å²) in [5.41, 5.74) is 5.20. The summed E-state index contributed by atoms with van der Waals surface area (Å²) in [6.45, 7) is 7.93. The fraction of sp³-hybridized carbons (Fsp3) is 0.250. The van der Waals surface area contributed by atoms with Gasteiger partial charge in [0.2, 0.25) is 5.76 Å². The Bertz CT molecular complexity index is 1230. The molecule has 0 aliphatic rings. The topological polar surface area (TPSA) is 53.7 Å². The third kappa shape index (κ3) is 5.67. The monoisotopic (exact) mass is 459 g/mol. The molecule has 3 aromatic carbocycles. The highest BCUT2D eigenvalue weighted by molar-refractivity contribution is 7.97. The number of benzene rings is 3. The Labute approximate surface area is 199 Å². The van der Waals surface area contributed by atoms with Gasteiger partial charge in [-0.15, -0.1) is 0 Å². The van der Waals surface area contributed by atoms with Crippen LogP contribution < -0.4 is 0 Å². The van der Waals surface area contributed by atoms with Gasteiger partial charge in [0.25, 0.3) is 0 Å². The molecule has 0 saturated carbocycles. The van der Waals surface area contributed by atoms with Gasteiger partial charge in [-0.3, -0.25) is 0 Å². The van der Waals surface area contributed by atoms with Crippen LogP contribution in [0.3, 0.4) is 0 Å². The van der Waals surface area contributed by atoms with E-state index >= 15 is 0 Å². The second-order valence-corrected chi connectivity index (χ2v) is 9.78. The van der Waals surface area contributed by atoms with Gasteiger partial charge in [0.05, 0.1) is 0 Å². The number of carboxylic acids is 1. The molecule has 0 atom stereocenters. The van der Waals surface area contributed by atoms with Crippen molar-refractivity contribution in [3.05, 3.63) is 101 Å². The Morgan fingerprint density at radius 2 is 1.73 bits per heavy atom. The predicted octanol–water partition coefficient (Wildman–Crippen LogP) is 7.31. The summed E-state index contributed by atoms with van der Waals surface area (Å²) in [4.78, 5) is 12.5. The van der Waals surface area contributed by atoms with Crippen LogP contribution in [0.1, 0.15) is 52.6 Å². The molecule has 0 fully saturated rings. The van der Waals surface area contributed by atoms with Gasteiger partial charge in [-0.1, -0.05) is 68.4 Å². The predicted molar refractivity (Wildman–Crippen MR) is 135 cm³/mol. The molecule has 0 aliphatic carbocycles. The van der Waals surface area contributed by atoms with E-state index in [0.717, 1.165) is 29.8 Å². The molecule has 4 nitrogen and oxygen atoms in total. The summed E-state index contributed by atoms with van der Waals surface area (Å²) < 4.78 is 7.90. The van der Waals surface area contributed by atoms with E-state index in [1.54, 1.807) is 18.9 Å². The van der Waals surface area contributed by atoms with E-state index in [2.05, 4.69) is 66.7 Å². The van der Waals surface area contributed by atoms with Crippen molar-refractivity contribution in [3.63, 3.8) is 0 Å². The van der Waals surface area contributed by atoms with E-state index in [1.807, 2.05) is 24.3 Å². The van der Waals surface area contributed by atoms with Crippen molar-refractivity contribution in [2.45, 2.75) is 44.6 Å². The van der Waals surface area contributed by atoms with Crippen LogP contribution in [0.2, 0.25) is 0 Å². The second-order valence-electron chi connectivity index (χ2n) is 8.61. The lowest BCUT2D eigenvalue weighted by Crippen LogP contribution is -2.18. The number of rotatable bonds is 9. The van der Waals surface area contributed by atoms with Crippen molar-refractivity contribution < 1.29 is 14.3 Å². The first-order valence-electron chi connectivity index (χ1n) is 11.2. The highest BCUT2D eigenvalue weighted by Crippen LogP contribution is 2.32. The van der Waals surface area contributed by atoms with Crippen LogP contribution in [0.4, 0.5) is 0 Å². The molecule has 1 heterocycles. The van der Waals surface area contributed by atoms with E-state index in [9.17, 15) is 9.90 Å². The molecule has 170 valence electrons. The molecule has 1 aromatic heterocycles. The first kappa shape index (κ1) is 23.1. The van der Waals surface area contributed by atoms with Crippen molar-refractivity contribution in [1.82, 2.24) is 4.31 Å². The Balaban J connectivity index is 1.56. The fourth-order valence-electron chi connectivity index (χ4n) is 3.88. The van der Waals surface area contributed by atoms with Crippen molar-refractivity contribution in [3.8, 4) is 0 Å². The fourth-order valence-corrected chi connectivity index (χ4v) is 4.87. The number of carbonyl (C=O) groups is 1. The first-order valence-corrected chi connectivity index (χ1v) is 12.0. The number of hydrogen-bond acceptors (Lipinski definition) is 4. The quantitative estimate of drug-likeness (QED) is 0.266. The normalized spacial score (nSPS) is 11.5. The average molecular weight is 460 g/mol. The van der Waals surface area contributed by atoms with E-state index in [1.165, 1.54) is 16.7 Å². The van der Waals surface area contributed by atoms with Crippen molar-refractivity contribution in [2.75, 3.05) is 6.54 Å². The summed E-state index contributed by atoms with van der Waals surface area (Å²) >= 11 is 1.70. The molecular weight excluding hydrogens is 430 g/mol. The molecule has 5 heteroatoms. The maximum Gasteiger partial charge on any atom is 0.372 e.